The lowest BCUT2D eigenvalue weighted by molar-refractivity contribution is -0.164. The second-order valence-electron chi connectivity index (χ2n) is 7.19. The van der Waals surface area contributed by atoms with Gasteiger partial charge in [0, 0.05) is 11.8 Å². The van der Waals surface area contributed by atoms with Gasteiger partial charge >= 0.3 is 23.9 Å². The molecule has 0 aliphatic carbocycles. The minimum absolute atomic E-state index is 0.0107. The molecule has 0 unspecified atom stereocenters. The number of ether oxygens (including phenoxy) is 1. The second kappa shape index (κ2) is 11.2. The zero-order valence-corrected chi connectivity index (χ0v) is 16.9. The smallest absolute Gasteiger partial charge is 0.314 e. The summed E-state index contributed by atoms with van der Waals surface area (Å²) >= 11 is 0. The third kappa shape index (κ3) is 7.70. The normalized spacial score (nSPS) is 13.8. The summed E-state index contributed by atoms with van der Waals surface area (Å²) in [6, 6.07) is 6.22. The molecule has 0 radical (unpaired) electrons. The summed E-state index contributed by atoms with van der Waals surface area (Å²) in [5.41, 5.74) is 0.595. The largest absolute Gasteiger partial charge is 0.481 e. The number of halogens is 4. The van der Waals surface area contributed by atoms with E-state index in [0.29, 0.717) is 5.56 Å². The van der Waals surface area contributed by atoms with E-state index in [1.54, 1.807) is 0 Å². The molecule has 1 saturated heterocycles. The van der Waals surface area contributed by atoms with Gasteiger partial charge in [0.25, 0.3) is 0 Å². The second-order valence-corrected chi connectivity index (χ2v) is 7.19. The molecule has 1 aliphatic rings. The van der Waals surface area contributed by atoms with E-state index in [2.05, 4.69) is 4.74 Å². The van der Waals surface area contributed by atoms with Crippen molar-refractivity contribution in [3.63, 3.8) is 0 Å². The average Bonchev–Trinajstić information content (AvgIpc) is 2.70. The van der Waals surface area contributed by atoms with Gasteiger partial charge in [-0.25, -0.2) is 17.6 Å². The molecule has 2 aromatic carbocycles. The molecule has 1 heterocycles. The lowest BCUT2D eigenvalue weighted by Gasteiger charge is -2.19. The molecule has 176 valence electrons. The predicted octanol–water partition coefficient (Wildman–Crippen LogP) is 3.91. The first-order valence-corrected chi connectivity index (χ1v) is 9.53. The van der Waals surface area contributed by atoms with Crippen LogP contribution in [0.1, 0.15) is 48.6 Å². The molecule has 0 saturated carbocycles. The van der Waals surface area contributed by atoms with Crippen LogP contribution in [0.5, 0.6) is 0 Å². The maximum atomic E-state index is 13.0. The Bertz CT molecular complexity index is 1040. The van der Waals surface area contributed by atoms with E-state index < -0.39 is 71.8 Å². The molecule has 3 rings (SSSR count). The number of carbonyl (C=O) groups excluding carboxylic acids is 2. The van der Waals surface area contributed by atoms with E-state index in [0.717, 1.165) is 24.3 Å². The van der Waals surface area contributed by atoms with Crippen LogP contribution in [0.25, 0.3) is 0 Å². The molecule has 1 fully saturated rings. The van der Waals surface area contributed by atoms with Crippen LogP contribution in [0.4, 0.5) is 17.6 Å². The molecule has 1 aliphatic heterocycles. The van der Waals surface area contributed by atoms with Crippen LogP contribution in [0.2, 0.25) is 0 Å². The highest BCUT2D eigenvalue weighted by molar-refractivity contribution is 5.89. The van der Waals surface area contributed by atoms with Gasteiger partial charge < -0.3 is 14.9 Å². The molecule has 7 nitrogen and oxygen atoms in total. The Kier molecular flexibility index (Phi) is 8.66. The van der Waals surface area contributed by atoms with Gasteiger partial charge in [0.05, 0.1) is 25.7 Å². The van der Waals surface area contributed by atoms with Crippen molar-refractivity contribution in [1.82, 2.24) is 0 Å². The summed E-state index contributed by atoms with van der Waals surface area (Å²) in [6.07, 6.45) is -0.873. The number of aliphatic carboxylic acids is 2. The van der Waals surface area contributed by atoms with E-state index in [4.69, 9.17) is 10.2 Å². The van der Waals surface area contributed by atoms with Crippen LogP contribution in [0, 0.1) is 23.3 Å². The fourth-order valence-electron chi connectivity index (χ4n) is 3.18. The van der Waals surface area contributed by atoms with E-state index in [1.165, 1.54) is 12.1 Å². The zero-order chi connectivity index (χ0) is 24.7. The van der Waals surface area contributed by atoms with Crippen molar-refractivity contribution in [2.45, 2.75) is 37.5 Å². The molecule has 2 aromatic rings. The number of benzene rings is 2. The van der Waals surface area contributed by atoms with Gasteiger partial charge in [0.15, 0.2) is 23.3 Å². The van der Waals surface area contributed by atoms with Crippen molar-refractivity contribution in [3.8, 4) is 0 Å². The van der Waals surface area contributed by atoms with E-state index in [1.807, 2.05) is 0 Å². The highest BCUT2D eigenvalue weighted by Gasteiger charge is 2.28. The molecule has 0 bridgehead atoms. The number of hydrogen-bond donors (Lipinski definition) is 2. The molecule has 11 heteroatoms. The Morgan fingerprint density at radius 1 is 0.818 bits per heavy atom. The van der Waals surface area contributed by atoms with Crippen molar-refractivity contribution in [3.05, 3.63) is 70.8 Å². The minimum Gasteiger partial charge on any atom is -0.481 e. The number of carboxylic acids is 2. The highest BCUT2D eigenvalue weighted by atomic mass is 19.2. The van der Waals surface area contributed by atoms with E-state index in [-0.39, 0.29) is 18.4 Å². The van der Waals surface area contributed by atoms with Crippen LogP contribution in [0.15, 0.2) is 36.4 Å². The number of carbonyl (C=O) groups is 4. The third-order valence-corrected chi connectivity index (χ3v) is 4.73. The molecule has 0 amide bonds. The lowest BCUT2D eigenvalue weighted by atomic mass is 9.91. The number of rotatable bonds is 6. The summed E-state index contributed by atoms with van der Waals surface area (Å²) < 4.78 is 55.6. The van der Waals surface area contributed by atoms with E-state index in [9.17, 15) is 36.7 Å². The fourth-order valence-corrected chi connectivity index (χ4v) is 3.18. The molecule has 0 atom stereocenters. The van der Waals surface area contributed by atoms with Crippen LogP contribution < -0.4 is 0 Å². The topological polar surface area (TPSA) is 118 Å². The molecular formula is C22H18F4O7. The molecule has 33 heavy (non-hydrogen) atoms. The molecule has 2 N–H and O–H groups in total. The standard InChI is InChI=1S/C11H10F2O4.C11H8F2O3/c12-8-2-1-6(3-9(8)13)7(4-10(14)15)5-11(16)17;12-8-2-1-6(3-9(8)13)7-4-10(14)16-11(15)5-7/h1-3,7H,4-5H2,(H,14,15)(H,16,17);1-3,7H,4-5H2. The van der Waals surface area contributed by atoms with Gasteiger partial charge in [0.2, 0.25) is 0 Å². The summed E-state index contributed by atoms with van der Waals surface area (Å²) in [6.45, 7) is 0. The Balaban J connectivity index is 0.000000234. The first kappa shape index (κ1) is 25.5. The molecule has 0 spiro atoms. The average molecular weight is 470 g/mol. The number of esters is 2. The summed E-state index contributed by atoms with van der Waals surface area (Å²) in [7, 11) is 0. The van der Waals surface area contributed by atoms with Gasteiger partial charge in [-0.05, 0) is 35.4 Å². The Labute approximate surface area is 184 Å². The Morgan fingerprint density at radius 3 is 1.76 bits per heavy atom. The van der Waals surface area contributed by atoms with Crippen molar-refractivity contribution >= 4 is 23.9 Å². The van der Waals surface area contributed by atoms with Crippen LogP contribution >= 0.6 is 0 Å². The number of carboxylic acid groups (broad SMARTS) is 2. The zero-order valence-electron chi connectivity index (χ0n) is 16.9. The third-order valence-electron chi connectivity index (χ3n) is 4.73. The summed E-state index contributed by atoms with van der Waals surface area (Å²) in [5, 5.41) is 17.2. The predicted molar refractivity (Wildman–Crippen MR) is 103 cm³/mol. The number of cyclic esters (lactones) is 2. The fraction of sp³-hybridized carbons (Fsp3) is 0.273. The van der Waals surface area contributed by atoms with Crippen molar-refractivity contribution in [2.24, 2.45) is 0 Å². The van der Waals surface area contributed by atoms with Gasteiger partial charge in [-0.3, -0.25) is 19.2 Å². The Hall–Kier alpha value is -3.76. The first-order valence-electron chi connectivity index (χ1n) is 9.53. The van der Waals surface area contributed by atoms with Crippen LogP contribution in [0.3, 0.4) is 0 Å². The Morgan fingerprint density at radius 2 is 1.30 bits per heavy atom. The van der Waals surface area contributed by atoms with Crippen molar-refractivity contribution in [2.75, 3.05) is 0 Å². The van der Waals surface area contributed by atoms with Crippen LogP contribution in [-0.4, -0.2) is 34.1 Å². The van der Waals surface area contributed by atoms with Gasteiger partial charge in [-0.1, -0.05) is 12.1 Å². The summed E-state index contributed by atoms with van der Waals surface area (Å²) in [5.74, 6) is -9.07. The van der Waals surface area contributed by atoms with Gasteiger partial charge in [0.1, 0.15) is 0 Å². The van der Waals surface area contributed by atoms with Gasteiger partial charge in [-0.2, -0.15) is 0 Å². The maximum Gasteiger partial charge on any atom is 0.314 e. The van der Waals surface area contributed by atoms with Gasteiger partial charge in [-0.15, -0.1) is 0 Å². The molecule has 0 aromatic heterocycles. The highest BCUT2D eigenvalue weighted by Crippen LogP contribution is 2.29. The van der Waals surface area contributed by atoms with Crippen LogP contribution in [-0.2, 0) is 23.9 Å². The lowest BCUT2D eigenvalue weighted by Crippen LogP contribution is -2.24. The summed E-state index contributed by atoms with van der Waals surface area (Å²) in [4.78, 5) is 43.1. The van der Waals surface area contributed by atoms with E-state index >= 15 is 0 Å². The molecular weight excluding hydrogens is 452 g/mol. The minimum atomic E-state index is -1.19. The maximum absolute atomic E-state index is 13.0. The first-order chi connectivity index (χ1) is 15.5. The quantitative estimate of drug-likeness (QED) is 0.373. The SMILES string of the molecule is O=C(O)CC(CC(=O)O)c1ccc(F)c(F)c1.O=C1CC(c2ccc(F)c(F)c2)CC(=O)O1. The monoisotopic (exact) mass is 470 g/mol. The van der Waals surface area contributed by atoms with Crippen molar-refractivity contribution in [1.29, 1.82) is 0 Å². The number of hydrogen-bond acceptors (Lipinski definition) is 5. The van der Waals surface area contributed by atoms with Crippen molar-refractivity contribution < 1.29 is 51.7 Å².